The van der Waals surface area contributed by atoms with Crippen LogP contribution in [0.1, 0.15) is 117 Å². The number of halogens is 1. The lowest BCUT2D eigenvalue weighted by Crippen LogP contribution is -2.15. The number of aliphatic carboxylic acids is 2. The van der Waals surface area contributed by atoms with Gasteiger partial charge in [0.2, 0.25) is 5.24 Å². The summed E-state index contributed by atoms with van der Waals surface area (Å²) in [6.45, 7) is 3.50. The molecule has 0 spiro atoms. The van der Waals surface area contributed by atoms with E-state index in [-0.39, 0.29) is 0 Å². The number of hydrogen-bond donors (Lipinski definition) is 2. The van der Waals surface area contributed by atoms with Crippen molar-refractivity contribution in [2.45, 2.75) is 117 Å². The minimum absolute atomic E-state index is 0.345. The maximum Gasteiger partial charge on any atom is 0.315 e. The van der Waals surface area contributed by atoms with Crippen molar-refractivity contribution in [3.05, 3.63) is 0 Å². The smallest absolute Gasteiger partial charge is 0.315 e. The number of carbonyl (C=O) groups is 3. The highest BCUT2D eigenvalue weighted by molar-refractivity contribution is 6.65. The van der Waals surface area contributed by atoms with E-state index in [0.717, 1.165) is 12.8 Å². The average Bonchev–Trinajstić information content (AvgIpc) is 2.64. The molecule has 0 saturated carbocycles. The fourth-order valence-corrected chi connectivity index (χ4v) is 2.84. The average molecular weight is 421 g/mol. The number of carbonyl (C=O) groups excluding carboxylic acids is 1. The molecular formula is C22H41ClO5. The Morgan fingerprint density at radius 1 is 0.679 bits per heavy atom. The Balaban J connectivity index is 0. The van der Waals surface area contributed by atoms with E-state index in [4.69, 9.17) is 21.8 Å². The number of carboxylic acid groups (broad SMARTS) is 2. The third-order valence-electron chi connectivity index (χ3n) is 4.71. The molecule has 0 aromatic rings. The van der Waals surface area contributed by atoms with Gasteiger partial charge in [0.1, 0.15) is 5.92 Å². The SMILES string of the molecule is CC(C(=O)O)C(=O)Cl.CCCCCCCCCCCCCCCCCC(=O)O. The monoisotopic (exact) mass is 420 g/mol. The third kappa shape index (κ3) is 24.9. The van der Waals surface area contributed by atoms with Gasteiger partial charge in [-0.25, -0.2) is 0 Å². The van der Waals surface area contributed by atoms with E-state index in [1.807, 2.05) is 0 Å². The minimum atomic E-state index is -1.19. The summed E-state index contributed by atoms with van der Waals surface area (Å²) in [5.41, 5.74) is 0. The van der Waals surface area contributed by atoms with Crippen LogP contribution in [0.25, 0.3) is 0 Å². The molecule has 166 valence electrons. The molecule has 1 atom stereocenters. The molecule has 0 rings (SSSR count). The van der Waals surface area contributed by atoms with Gasteiger partial charge in [0.25, 0.3) is 0 Å². The van der Waals surface area contributed by atoms with Crippen LogP contribution in [-0.2, 0) is 14.4 Å². The molecule has 2 N–H and O–H groups in total. The molecule has 0 aliphatic rings. The summed E-state index contributed by atoms with van der Waals surface area (Å²) in [6, 6.07) is 0. The second-order valence-corrected chi connectivity index (χ2v) is 7.83. The van der Waals surface area contributed by atoms with E-state index < -0.39 is 23.1 Å². The Hall–Kier alpha value is -1.10. The molecule has 0 bridgehead atoms. The van der Waals surface area contributed by atoms with E-state index in [0.29, 0.717) is 6.42 Å². The first-order chi connectivity index (χ1) is 13.3. The van der Waals surface area contributed by atoms with Crippen LogP contribution < -0.4 is 0 Å². The van der Waals surface area contributed by atoms with Gasteiger partial charge in [0, 0.05) is 6.42 Å². The zero-order valence-electron chi connectivity index (χ0n) is 17.9. The van der Waals surface area contributed by atoms with E-state index in [1.54, 1.807) is 0 Å². The Labute approximate surface area is 176 Å². The second-order valence-electron chi connectivity index (χ2n) is 7.46. The maximum atomic E-state index is 10.3. The Bertz CT molecular complexity index is 384. The second kappa shape index (κ2) is 22.2. The van der Waals surface area contributed by atoms with Crippen molar-refractivity contribution in [1.82, 2.24) is 0 Å². The van der Waals surface area contributed by atoms with E-state index >= 15 is 0 Å². The molecule has 5 nitrogen and oxygen atoms in total. The van der Waals surface area contributed by atoms with E-state index in [2.05, 4.69) is 6.92 Å². The summed E-state index contributed by atoms with van der Waals surface area (Å²) in [7, 11) is 0. The summed E-state index contributed by atoms with van der Waals surface area (Å²) in [5.74, 6) is -2.93. The molecule has 0 amide bonds. The van der Waals surface area contributed by atoms with Crippen LogP contribution in [0.15, 0.2) is 0 Å². The van der Waals surface area contributed by atoms with Gasteiger partial charge in [-0.15, -0.1) is 0 Å². The minimum Gasteiger partial charge on any atom is -0.481 e. The third-order valence-corrected chi connectivity index (χ3v) is 5.03. The summed E-state index contributed by atoms with van der Waals surface area (Å²) >= 11 is 4.80. The molecule has 0 fully saturated rings. The highest BCUT2D eigenvalue weighted by Gasteiger charge is 2.17. The number of rotatable bonds is 18. The molecule has 0 heterocycles. The highest BCUT2D eigenvalue weighted by Crippen LogP contribution is 2.13. The lowest BCUT2D eigenvalue weighted by molar-refractivity contribution is -0.143. The van der Waals surface area contributed by atoms with Gasteiger partial charge in [-0.3, -0.25) is 14.4 Å². The van der Waals surface area contributed by atoms with Gasteiger partial charge in [-0.1, -0.05) is 96.8 Å². The van der Waals surface area contributed by atoms with Crippen molar-refractivity contribution in [1.29, 1.82) is 0 Å². The van der Waals surface area contributed by atoms with Crippen molar-refractivity contribution >= 4 is 28.8 Å². The number of unbranched alkanes of at least 4 members (excludes halogenated alkanes) is 14. The van der Waals surface area contributed by atoms with Crippen molar-refractivity contribution in [3.63, 3.8) is 0 Å². The summed E-state index contributed by atoms with van der Waals surface area (Å²) in [4.78, 5) is 30.1. The molecule has 0 radical (unpaired) electrons. The van der Waals surface area contributed by atoms with E-state index in [1.165, 1.54) is 90.4 Å². The van der Waals surface area contributed by atoms with Gasteiger partial charge < -0.3 is 10.2 Å². The molecule has 28 heavy (non-hydrogen) atoms. The molecular weight excluding hydrogens is 380 g/mol. The predicted octanol–water partition coefficient (Wildman–Crippen LogP) is 6.81. The molecule has 6 heteroatoms. The van der Waals surface area contributed by atoms with Crippen LogP contribution in [0.4, 0.5) is 0 Å². The molecule has 0 saturated heterocycles. The lowest BCUT2D eigenvalue weighted by Gasteiger charge is -2.03. The number of hydrogen-bond acceptors (Lipinski definition) is 3. The van der Waals surface area contributed by atoms with Crippen LogP contribution in [0, 0.1) is 5.92 Å². The van der Waals surface area contributed by atoms with Crippen molar-refractivity contribution in [2.24, 2.45) is 5.92 Å². The molecule has 0 aromatic carbocycles. The van der Waals surface area contributed by atoms with Gasteiger partial charge in [0.05, 0.1) is 0 Å². The maximum absolute atomic E-state index is 10.3. The molecule has 0 aliphatic carbocycles. The fourth-order valence-electron chi connectivity index (χ4n) is 2.74. The van der Waals surface area contributed by atoms with Crippen LogP contribution in [0.2, 0.25) is 0 Å². The molecule has 0 aliphatic heterocycles. The zero-order chi connectivity index (χ0) is 21.6. The largest absolute Gasteiger partial charge is 0.481 e. The standard InChI is InChI=1S/C18H36O2.C4H5ClO3/c1-2-3-4-5-6-7-8-9-10-11-12-13-14-15-16-17-18(19)20;1-2(3(5)6)4(7)8/h2-17H2,1H3,(H,19,20);2H,1H3,(H,7,8). The topological polar surface area (TPSA) is 91.7 Å². The summed E-state index contributed by atoms with van der Waals surface area (Å²) in [5, 5.41) is 15.7. The van der Waals surface area contributed by atoms with Crippen LogP contribution in [0.3, 0.4) is 0 Å². The molecule has 1 unspecified atom stereocenters. The van der Waals surface area contributed by atoms with Crippen LogP contribution >= 0.6 is 11.6 Å². The summed E-state index contributed by atoms with van der Waals surface area (Å²) < 4.78 is 0. The van der Waals surface area contributed by atoms with Gasteiger partial charge in [-0.05, 0) is 24.9 Å². The van der Waals surface area contributed by atoms with Gasteiger partial charge >= 0.3 is 11.9 Å². The van der Waals surface area contributed by atoms with Gasteiger partial charge in [0.15, 0.2) is 0 Å². The Kier molecular flexibility index (Phi) is 23.1. The fraction of sp³-hybridized carbons (Fsp3) is 0.864. The molecule has 0 aromatic heterocycles. The first kappa shape index (κ1) is 29.1. The Morgan fingerprint density at radius 2 is 1.00 bits per heavy atom. The summed E-state index contributed by atoms with van der Waals surface area (Å²) in [6.07, 6.45) is 20.2. The zero-order valence-corrected chi connectivity index (χ0v) is 18.6. The first-order valence-electron chi connectivity index (χ1n) is 11.0. The predicted molar refractivity (Wildman–Crippen MR) is 115 cm³/mol. The first-order valence-corrected chi connectivity index (χ1v) is 11.3. The van der Waals surface area contributed by atoms with Crippen LogP contribution in [-0.4, -0.2) is 27.4 Å². The lowest BCUT2D eigenvalue weighted by atomic mass is 10.0. The normalized spacial score (nSPS) is 11.4. The van der Waals surface area contributed by atoms with Gasteiger partial charge in [-0.2, -0.15) is 0 Å². The Morgan fingerprint density at radius 3 is 1.21 bits per heavy atom. The highest BCUT2D eigenvalue weighted by atomic mass is 35.5. The van der Waals surface area contributed by atoms with Crippen molar-refractivity contribution < 1.29 is 24.6 Å². The van der Waals surface area contributed by atoms with Crippen molar-refractivity contribution in [2.75, 3.05) is 0 Å². The van der Waals surface area contributed by atoms with Crippen LogP contribution in [0.5, 0.6) is 0 Å². The van der Waals surface area contributed by atoms with Crippen molar-refractivity contribution in [3.8, 4) is 0 Å². The van der Waals surface area contributed by atoms with E-state index in [9.17, 15) is 14.4 Å². The number of carboxylic acids is 2. The quantitative estimate of drug-likeness (QED) is 0.144.